The summed E-state index contributed by atoms with van der Waals surface area (Å²) < 4.78 is 5.28. The Labute approximate surface area is 104 Å². The van der Waals surface area contributed by atoms with Crippen LogP contribution in [0.5, 0.6) is 0 Å². The zero-order chi connectivity index (χ0) is 12.3. The Balaban J connectivity index is 1.92. The molecule has 2 unspecified atom stereocenters. The first-order chi connectivity index (χ1) is 8.20. The minimum Gasteiger partial charge on any atom is -0.378 e. The van der Waals surface area contributed by atoms with E-state index < -0.39 is 0 Å². The van der Waals surface area contributed by atoms with Crippen LogP contribution in [0.25, 0.3) is 0 Å². The highest BCUT2D eigenvalue weighted by molar-refractivity contribution is 5.74. The summed E-state index contributed by atoms with van der Waals surface area (Å²) in [5.74, 6) is 0.638. The van der Waals surface area contributed by atoms with Crippen molar-refractivity contribution in [1.29, 1.82) is 0 Å². The van der Waals surface area contributed by atoms with Gasteiger partial charge in [0.2, 0.25) is 0 Å². The summed E-state index contributed by atoms with van der Waals surface area (Å²) in [6, 6.07) is 0.617. The number of carbonyl (C=O) groups is 1. The van der Waals surface area contributed by atoms with E-state index in [-0.39, 0.29) is 6.03 Å². The SMILES string of the molecule is CC1CCCCC1N(C)C(=O)N1CCOCC1. The number of rotatable bonds is 1. The molecule has 0 aromatic rings. The summed E-state index contributed by atoms with van der Waals surface area (Å²) in [6.45, 7) is 5.11. The van der Waals surface area contributed by atoms with Crippen LogP contribution in [0.2, 0.25) is 0 Å². The van der Waals surface area contributed by atoms with Crippen molar-refractivity contribution in [1.82, 2.24) is 9.80 Å². The monoisotopic (exact) mass is 240 g/mol. The molecular formula is C13H24N2O2. The van der Waals surface area contributed by atoms with Gasteiger partial charge >= 0.3 is 6.03 Å². The van der Waals surface area contributed by atoms with Gasteiger partial charge in [0.25, 0.3) is 0 Å². The topological polar surface area (TPSA) is 32.8 Å². The smallest absolute Gasteiger partial charge is 0.320 e. The maximum atomic E-state index is 12.3. The molecule has 1 aliphatic carbocycles. The number of nitrogens with zero attached hydrogens (tertiary/aromatic N) is 2. The zero-order valence-corrected chi connectivity index (χ0v) is 11.0. The first-order valence-corrected chi connectivity index (χ1v) is 6.79. The third-order valence-corrected chi connectivity index (χ3v) is 4.15. The predicted octanol–water partition coefficient (Wildman–Crippen LogP) is 1.95. The van der Waals surface area contributed by atoms with Crippen LogP contribution < -0.4 is 0 Å². The van der Waals surface area contributed by atoms with Gasteiger partial charge in [0.15, 0.2) is 0 Å². The van der Waals surface area contributed by atoms with Gasteiger partial charge in [0, 0.05) is 26.2 Å². The third kappa shape index (κ3) is 2.92. The highest BCUT2D eigenvalue weighted by Gasteiger charge is 2.30. The molecule has 1 saturated heterocycles. The molecule has 1 aliphatic heterocycles. The average Bonchev–Trinajstić information content (AvgIpc) is 2.39. The molecule has 0 N–H and O–H groups in total. The van der Waals surface area contributed by atoms with Gasteiger partial charge in [0.1, 0.15) is 0 Å². The Morgan fingerprint density at radius 1 is 1.24 bits per heavy atom. The lowest BCUT2D eigenvalue weighted by Crippen LogP contribution is -2.52. The maximum Gasteiger partial charge on any atom is 0.320 e. The van der Waals surface area contributed by atoms with E-state index in [2.05, 4.69) is 6.92 Å². The maximum absolute atomic E-state index is 12.3. The average molecular weight is 240 g/mol. The second-order valence-electron chi connectivity index (χ2n) is 5.32. The van der Waals surface area contributed by atoms with Crippen molar-refractivity contribution in [2.24, 2.45) is 5.92 Å². The van der Waals surface area contributed by atoms with Crippen LogP contribution in [-0.2, 0) is 4.74 Å². The van der Waals surface area contributed by atoms with Gasteiger partial charge in [-0.25, -0.2) is 4.79 Å². The lowest BCUT2D eigenvalue weighted by molar-refractivity contribution is 0.0370. The van der Waals surface area contributed by atoms with Crippen LogP contribution in [0.3, 0.4) is 0 Å². The summed E-state index contributed by atoms with van der Waals surface area (Å²) in [5.41, 5.74) is 0. The Morgan fingerprint density at radius 2 is 1.88 bits per heavy atom. The predicted molar refractivity (Wildman–Crippen MR) is 67.0 cm³/mol. The highest BCUT2D eigenvalue weighted by Crippen LogP contribution is 2.27. The second kappa shape index (κ2) is 5.71. The van der Waals surface area contributed by atoms with E-state index in [0.717, 1.165) is 19.5 Å². The van der Waals surface area contributed by atoms with Crippen LogP contribution in [-0.4, -0.2) is 55.2 Å². The molecule has 1 heterocycles. The van der Waals surface area contributed by atoms with Crippen LogP contribution in [0.4, 0.5) is 4.79 Å². The molecular weight excluding hydrogens is 216 g/mol. The second-order valence-corrected chi connectivity index (χ2v) is 5.32. The number of hydrogen-bond acceptors (Lipinski definition) is 2. The molecule has 4 heteroatoms. The molecule has 2 atom stereocenters. The van der Waals surface area contributed by atoms with E-state index in [1.165, 1.54) is 19.3 Å². The van der Waals surface area contributed by atoms with Crippen LogP contribution >= 0.6 is 0 Å². The first-order valence-electron chi connectivity index (χ1n) is 6.79. The quantitative estimate of drug-likeness (QED) is 0.702. The minimum absolute atomic E-state index is 0.187. The molecule has 2 rings (SSSR count). The zero-order valence-electron chi connectivity index (χ0n) is 11.0. The number of morpholine rings is 1. The summed E-state index contributed by atoms with van der Waals surface area (Å²) in [6.07, 6.45) is 4.99. The minimum atomic E-state index is 0.187. The van der Waals surface area contributed by atoms with Gasteiger partial charge in [-0.15, -0.1) is 0 Å². The van der Waals surface area contributed by atoms with Crippen molar-refractivity contribution >= 4 is 6.03 Å². The Hall–Kier alpha value is -0.770. The van der Waals surface area contributed by atoms with E-state index >= 15 is 0 Å². The van der Waals surface area contributed by atoms with Gasteiger partial charge in [-0.3, -0.25) is 0 Å². The highest BCUT2D eigenvalue weighted by atomic mass is 16.5. The van der Waals surface area contributed by atoms with Crippen LogP contribution in [0.15, 0.2) is 0 Å². The van der Waals surface area contributed by atoms with Crippen molar-refractivity contribution in [2.45, 2.75) is 38.6 Å². The van der Waals surface area contributed by atoms with Gasteiger partial charge in [-0.2, -0.15) is 0 Å². The van der Waals surface area contributed by atoms with Crippen LogP contribution in [0, 0.1) is 5.92 Å². The van der Waals surface area contributed by atoms with Crippen molar-refractivity contribution in [3.05, 3.63) is 0 Å². The first kappa shape index (κ1) is 12.7. The van der Waals surface area contributed by atoms with E-state index in [1.807, 2.05) is 16.8 Å². The molecule has 98 valence electrons. The number of hydrogen-bond donors (Lipinski definition) is 0. The summed E-state index contributed by atoms with van der Waals surface area (Å²) in [4.78, 5) is 16.2. The summed E-state index contributed by atoms with van der Waals surface area (Å²) in [5, 5.41) is 0. The third-order valence-electron chi connectivity index (χ3n) is 4.15. The molecule has 2 amide bonds. The lowest BCUT2D eigenvalue weighted by Gasteiger charge is -2.39. The van der Waals surface area contributed by atoms with Gasteiger partial charge < -0.3 is 14.5 Å². The van der Waals surface area contributed by atoms with E-state index in [1.54, 1.807) is 0 Å². The summed E-state index contributed by atoms with van der Waals surface area (Å²) in [7, 11) is 1.96. The normalized spacial score (nSPS) is 30.1. The van der Waals surface area contributed by atoms with Crippen molar-refractivity contribution in [3.8, 4) is 0 Å². The van der Waals surface area contributed by atoms with Gasteiger partial charge in [-0.05, 0) is 18.8 Å². The largest absolute Gasteiger partial charge is 0.378 e. The van der Waals surface area contributed by atoms with Crippen molar-refractivity contribution < 1.29 is 9.53 Å². The summed E-state index contributed by atoms with van der Waals surface area (Å²) >= 11 is 0. The fourth-order valence-corrected chi connectivity index (χ4v) is 2.99. The number of urea groups is 1. The van der Waals surface area contributed by atoms with Crippen molar-refractivity contribution in [2.75, 3.05) is 33.4 Å². The number of carbonyl (C=O) groups excluding carboxylic acids is 1. The standard InChI is InChI=1S/C13H24N2O2/c1-11-5-3-4-6-12(11)14(2)13(16)15-7-9-17-10-8-15/h11-12H,3-10H2,1-2H3. The lowest BCUT2D eigenvalue weighted by atomic mass is 9.85. The van der Waals surface area contributed by atoms with E-state index in [4.69, 9.17) is 4.74 Å². The van der Waals surface area contributed by atoms with Crippen LogP contribution in [0.1, 0.15) is 32.6 Å². The Kier molecular flexibility index (Phi) is 4.26. The molecule has 2 fully saturated rings. The number of amides is 2. The fourth-order valence-electron chi connectivity index (χ4n) is 2.99. The van der Waals surface area contributed by atoms with E-state index in [9.17, 15) is 4.79 Å². The molecule has 17 heavy (non-hydrogen) atoms. The Morgan fingerprint density at radius 3 is 2.53 bits per heavy atom. The van der Waals surface area contributed by atoms with Crippen molar-refractivity contribution in [3.63, 3.8) is 0 Å². The molecule has 0 bridgehead atoms. The molecule has 0 aromatic heterocycles. The molecule has 4 nitrogen and oxygen atoms in total. The molecule has 2 aliphatic rings. The molecule has 0 aromatic carbocycles. The van der Waals surface area contributed by atoms with Gasteiger partial charge in [0.05, 0.1) is 13.2 Å². The number of ether oxygens (including phenoxy) is 1. The van der Waals surface area contributed by atoms with E-state index in [0.29, 0.717) is 25.2 Å². The molecule has 1 saturated carbocycles. The molecule has 0 radical (unpaired) electrons. The fraction of sp³-hybridized carbons (Fsp3) is 0.923. The van der Waals surface area contributed by atoms with Gasteiger partial charge in [-0.1, -0.05) is 19.8 Å². The molecule has 0 spiro atoms. The Bertz CT molecular complexity index is 264.